The molecule has 1 aromatic carbocycles. The summed E-state index contributed by atoms with van der Waals surface area (Å²) in [7, 11) is 0. The van der Waals surface area contributed by atoms with Gasteiger partial charge in [0.05, 0.1) is 17.3 Å². The lowest BCUT2D eigenvalue weighted by Gasteiger charge is -2.50. The van der Waals surface area contributed by atoms with E-state index in [0.717, 1.165) is 24.8 Å². The Morgan fingerprint density at radius 2 is 2.08 bits per heavy atom. The molecule has 9 heteroatoms. The number of halogens is 1. The number of piperidine rings is 1. The van der Waals surface area contributed by atoms with Gasteiger partial charge in [-0.25, -0.2) is 9.37 Å². The second kappa shape index (κ2) is 8.79. The molecule has 3 aliphatic rings. The average Bonchev–Trinajstić information content (AvgIpc) is 3.21. The lowest BCUT2D eigenvalue weighted by Crippen LogP contribution is -2.64. The fourth-order valence-electron chi connectivity index (χ4n) is 5.43. The van der Waals surface area contributed by atoms with Crippen LogP contribution in [0.3, 0.4) is 0 Å². The van der Waals surface area contributed by atoms with Gasteiger partial charge in [-0.05, 0) is 55.2 Å². The van der Waals surface area contributed by atoms with Crippen LogP contribution in [0.25, 0.3) is 0 Å². The van der Waals surface area contributed by atoms with Crippen molar-refractivity contribution in [2.45, 2.75) is 37.8 Å². The van der Waals surface area contributed by atoms with E-state index in [4.69, 9.17) is 0 Å². The molecule has 2 amide bonds. The Morgan fingerprint density at radius 3 is 2.89 bits per heavy atom. The van der Waals surface area contributed by atoms with Crippen molar-refractivity contribution in [3.8, 4) is 11.8 Å². The number of anilines is 1. The Balaban J connectivity index is 1.23. The number of aromatic nitrogens is 3. The van der Waals surface area contributed by atoms with Crippen LogP contribution in [0.1, 0.15) is 46.3 Å². The van der Waals surface area contributed by atoms with Crippen LogP contribution < -0.4 is 15.5 Å². The number of nitrogens with one attached hydrogen (secondary N) is 3. The summed E-state index contributed by atoms with van der Waals surface area (Å²) in [5, 5.41) is 12.6. The third kappa shape index (κ3) is 3.98. The maximum Gasteiger partial charge on any atom is 0.252 e. The number of rotatable bonds is 6. The van der Waals surface area contributed by atoms with Crippen LogP contribution >= 0.6 is 0 Å². The van der Waals surface area contributed by atoms with E-state index in [0.29, 0.717) is 48.1 Å². The Hall–Kier alpha value is -4.19. The van der Waals surface area contributed by atoms with Crippen LogP contribution in [0.15, 0.2) is 48.9 Å². The molecule has 0 radical (unpaired) electrons. The van der Waals surface area contributed by atoms with Gasteiger partial charge in [-0.15, -0.1) is 0 Å². The molecule has 36 heavy (non-hydrogen) atoms. The minimum atomic E-state index is -0.324. The molecule has 2 aliphatic heterocycles. The van der Waals surface area contributed by atoms with Gasteiger partial charge in [0.25, 0.3) is 5.91 Å². The van der Waals surface area contributed by atoms with Crippen molar-refractivity contribution < 1.29 is 14.0 Å². The van der Waals surface area contributed by atoms with Gasteiger partial charge in [-0.1, -0.05) is 11.8 Å². The summed E-state index contributed by atoms with van der Waals surface area (Å²) < 4.78 is 13.3. The maximum absolute atomic E-state index is 13.3. The molecule has 3 fully saturated rings. The molecule has 1 aliphatic carbocycles. The Labute approximate surface area is 207 Å². The molecular weight excluding hydrogens is 459 g/mol. The number of carbonyl (C=O) groups is 2. The molecule has 3 N–H and O–H groups in total. The van der Waals surface area contributed by atoms with Crippen molar-refractivity contribution >= 4 is 17.6 Å². The van der Waals surface area contributed by atoms with Gasteiger partial charge in [0.2, 0.25) is 5.91 Å². The molecule has 1 saturated carbocycles. The number of benzene rings is 1. The standard InChI is InChI=1S/C27H25FN6O2/c28-21-7-4-17(5-8-21)3-6-19-10-20(26(36)29-9-1-2-18-13-32-33-14-18)15-30-25(19)34-22-11-24(35)31-16-27(22)12-23(27)34/h4-5,7-8,10,13-15,22-23H,1-2,9,11-12,16H2,(H,29,36)(H,31,35)(H,32,33). The summed E-state index contributed by atoms with van der Waals surface area (Å²) in [6.07, 6.45) is 8.25. The molecule has 2 saturated heterocycles. The number of hydrogen-bond acceptors (Lipinski definition) is 5. The Morgan fingerprint density at radius 1 is 1.22 bits per heavy atom. The number of hydrogen-bond donors (Lipinski definition) is 3. The van der Waals surface area contributed by atoms with Crippen molar-refractivity contribution in [2.75, 3.05) is 18.0 Å². The van der Waals surface area contributed by atoms with Crippen molar-refractivity contribution in [1.29, 1.82) is 0 Å². The Kier molecular flexibility index (Phi) is 5.44. The minimum absolute atomic E-state index is 0.0475. The van der Waals surface area contributed by atoms with E-state index >= 15 is 0 Å². The van der Waals surface area contributed by atoms with E-state index in [-0.39, 0.29) is 29.1 Å². The van der Waals surface area contributed by atoms with Crippen molar-refractivity contribution in [1.82, 2.24) is 25.8 Å². The summed E-state index contributed by atoms with van der Waals surface area (Å²) in [5.41, 5.74) is 2.95. The molecule has 0 bridgehead atoms. The molecule has 1 spiro atoms. The van der Waals surface area contributed by atoms with Crippen molar-refractivity contribution in [2.24, 2.45) is 5.41 Å². The van der Waals surface area contributed by atoms with Crippen molar-refractivity contribution in [3.05, 3.63) is 77.0 Å². The van der Waals surface area contributed by atoms with E-state index in [2.05, 4.69) is 42.6 Å². The molecule has 3 aromatic rings. The normalized spacial score (nSPS) is 23.4. The third-order valence-corrected chi connectivity index (χ3v) is 7.45. The van der Waals surface area contributed by atoms with Gasteiger partial charge in [0.15, 0.2) is 0 Å². The molecule has 3 atom stereocenters. The zero-order chi connectivity index (χ0) is 24.7. The number of pyridine rings is 1. The first-order valence-electron chi connectivity index (χ1n) is 12.1. The van der Waals surface area contributed by atoms with E-state index in [1.807, 2.05) is 6.20 Å². The number of carbonyl (C=O) groups excluding carboxylic acids is 2. The van der Waals surface area contributed by atoms with Crippen LogP contribution in [0.5, 0.6) is 0 Å². The van der Waals surface area contributed by atoms with Gasteiger partial charge >= 0.3 is 0 Å². The zero-order valence-corrected chi connectivity index (χ0v) is 19.6. The number of amides is 2. The molecule has 182 valence electrons. The second-order valence-electron chi connectivity index (χ2n) is 9.68. The quantitative estimate of drug-likeness (QED) is 0.368. The van der Waals surface area contributed by atoms with E-state index < -0.39 is 0 Å². The summed E-state index contributed by atoms with van der Waals surface area (Å²) in [6, 6.07) is 8.15. The van der Waals surface area contributed by atoms with Crippen LogP contribution in [0.2, 0.25) is 0 Å². The van der Waals surface area contributed by atoms with E-state index in [1.54, 1.807) is 30.6 Å². The van der Waals surface area contributed by atoms with Gasteiger partial charge in [-0.2, -0.15) is 5.10 Å². The molecule has 4 heterocycles. The summed E-state index contributed by atoms with van der Waals surface area (Å²) in [4.78, 5) is 31.8. The monoisotopic (exact) mass is 484 g/mol. The third-order valence-electron chi connectivity index (χ3n) is 7.45. The van der Waals surface area contributed by atoms with Crippen LogP contribution in [0.4, 0.5) is 10.2 Å². The van der Waals surface area contributed by atoms with Gasteiger partial charge in [0.1, 0.15) is 11.6 Å². The van der Waals surface area contributed by atoms with Crippen LogP contribution in [-0.4, -0.2) is 52.2 Å². The maximum atomic E-state index is 13.3. The number of aromatic amines is 1. The lowest BCUT2D eigenvalue weighted by atomic mass is 9.81. The lowest BCUT2D eigenvalue weighted by molar-refractivity contribution is -0.124. The SMILES string of the molecule is O=C1CC2N(c3ncc(C(=O)NCCCc4cn[nH]c4)cc3C#Cc3ccc(F)cc3)C3CC23CN1. The van der Waals surface area contributed by atoms with Gasteiger partial charge in [0, 0.05) is 55.0 Å². The highest BCUT2D eigenvalue weighted by Gasteiger charge is 2.74. The molecule has 2 aromatic heterocycles. The number of H-pyrrole nitrogens is 1. The Bertz CT molecular complexity index is 1380. The zero-order valence-electron chi connectivity index (χ0n) is 19.6. The smallest absolute Gasteiger partial charge is 0.252 e. The van der Waals surface area contributed by atoms with Crippen molar-refractivity contribution in [3.63, 3.8) is 0 Å². The number of nitrogens with zero attached hydrogens (tertiary/aromatic N) is 3. The summed E-state index contributed by atoms with van der Waals surface area (Å²) in [6.45, 7) is 1.23. The molecule has 6 rings (SSSR count). The predicted octanol–water partition coefficient (Wildman–Crippen LogP) is 2.17. The van der Waals surface area contributed by atoms with Crippen LogP contribution in [0, 0.1) is 23.1 Å². The van der Waals surface area contributed by atoms with Gasteiger partial charge in [-0.3, -0.25) is 14.7 Å². The first-order chi connectivity index (χ1) is 17.5. The molecular formula is C27H25FN6O2. The highest BCUT2D eigenvalue weighted by atomic mass is 19.1. The number of aryl methyl sites for hydroxylation is 1. The second-order valence-corrected chi connectivity index (χ2v) is 9.68. The predicted molar refractivity (Wildman–Crippen MR) is 131 cm³/mol. The first-order valence-corrected chi connectivity index (χ1v) is 12.1. The highest BCUT2D eigenvalue weighted by Crippen LogP contribution is 2.66. The average molecular weight is 485 g/mol. The molecule has 8 nitrogen and oxygen atoms in total. The van der Waals surface area contributed by atoms with E-state index in [9.17, 15) is 14.0 Å². The summed E-state index contributed by atoms with van der Waals surface area (Å²) in [5.74, 6) is 6.43. The fourth-order valence-corrected chi connectivity index (χ4v) is 5.43. The fraction of sp³-hybridized carbons (Fsp3) is 0.333. The topological polar surface area (TPSA) is 103 Å². The molecule has 3 unspecified atom stereocenters. The van der Waals surface area contributed by atoms with E-state index in [1.165, 1.54) is 12.1 Å². The minimum Gasteiger partial charge on any atom is -0.355 e. The van der Waals surface area contributed by atoms with Crippen LogP contribution in [-0.2, 0) is 11.2 Å². The first kappa shape index (κ1) is 22.3. The largest absolute Gasteiger partial charge is 0.355 e. The van der Waals surface area contributed by atoms with Gasteiger partial charge < -0.3 is 15.5 Å². The highest BCUT2D eigenvalue weighted by molar-refractivity contribution is 5.94. The summed E-state index contributed by atoms with van der Waals surface area (Å²) >= 11 is 0.